The molecule has 1 saturated carbocycles. The molecule has 0 N–H and O–H groups in total. The fourth-order valence-corrected chi connectivity index (χ4v) is 5.05. The number of benzene rings is 2. The van der Waals surface area contributed by atoms with Gasteiger partial charge in [0.25, 0.3) is 0 Å². The van der Waals surface area contributed by atoms with Crippen molar-refractivity contribution in [3.8, 4) is 0 Å². The number of halogens is 2. The lowest BCUT2D eigenvalue weighted by Crippen LogP contribution is -2.47. The first-order valence-electron chi connectivity index (χ1n) is 10.4. The van der Waals surface area contributed by atoms with Crippen molar-refractivity contribution in [1.29, 1.82) is 0 Å². The minimum absolute atomic E-state index is 0.0356. The Kier molecular flexibility index (Phi) is 5.19. The molecule has 1 aliphatic carbocycles. The van der Waals surface area contributed by atoms with E-state index in [0.29, 0.717) is 11.1 Å². The molecule has 4 nitrogen and oxygen atoms in total. The number of fused-ring (bicyclic) bond motifs is 1. The van der Waals surface area contributed by atoms with E-state index >= 15 is 0 Å². The van der Waals surface area contributed by atoms with Gasteiger partial charge in [-0.05, 0) is 61.7 Å². The molecule has 2 heterocycles. The zero-order chi connectivity index (χ0) is 20.0. The Bertz CT molecular complexity index is 930. The van der Waals surface area contributed by atoms with Crippen LogP contribution in [-0.4, -0.2) is 43.0 Å². The summed E-state index contributed by atoms with van der Waals surface area (Å²) >= 11 is 12.5. The van der Waals surface area contributed by atoms with Gasteiger partial charge in [-0.1, -0.05) is 35.3 Å². The summed E-state index contributed by atoms with van der Waals surface area (Å²) < 4.78 is 0. The number of carbonyl (C=O) groups is 1. The second kappa shape index (κ2) is 7.82. The molecule has 5 rings (SSSR count). The summed E-state index contributed by atoms with van der Waals surface area (Å²) in [6.45, 7) is 4.12. The molecule has 152 valence electrons. The molecular weight excluding hydrogens is 405 g/mol. The van der Waals surface area contributed by atoms with Crippen molar-refractivity contribution in [1.82, 2.24) is 4.90 Å². The minimum Gasteiger partial charge on any atom is -0.365 e. The van der Waals surface area contributed by atoms with Gasteiger partial charge in [-0.15, -0.1) is 0 Å². The van der Waals surface area contributed by atoms with E-state index < -0.39 is 0 Å². The monoisotopic (exact) mass is 429 g/mol. The maximum atomic E-state index is 13.4. The molecule has 1 amide bonds. The number of hydrogen-bond acceptors (Lipinski definition) is 3. The summed E-state index contributed by atoms with van der Waals surface area (Å²) in [7, 11) is 0. The first-order chi connectivity index (χ1) is 14.1. The van der Waals surface area contributed by atoms with Crippen molar-refractivity contribution in [2.45, 2.75) is 31.8 Å². The van der Waals surface area contributed by atoms with Crippen LogP contribution in [0.2, 0.25) is 10.0 Å². The van der Waals surface area contributed by atoms with E-state index in [9.17, 15) is 4.79 Å². The molecule has 0 radical (unpaired) electrons. The third-order valence-corrected chi connectivity index (χ3v) is 6.93. The molecule has 0 aromatic heterocycles. The fourth-order valence-electron chi connectivity index (χ4n) is 4.68. The molecule has 2 fully saturated rings. The number of para-hydroxylation sites is 2. The fraction of sp³-hybridized carbons (Fsp3) is 0.435. The zero-order valence-electron chi connectivity index (χ0n) is 16.4. The first kappa shape index (κ1) is 19.2. The average Bonchev–Trinajstić information content (AvgIpc) is 3.47. The van der Waals surface area contributed by atoms with Gasteiger partial charge in [-0.3, -0.25) is 9.69 Å². The SMILES string of the molecule is O=C(C1CCN(Cc2cc(Cl)ccc2Cl)C1)N1CCN(C2CC2)c2ccccc21. The lowest BCUT2D eigenvalue weighted by atomic mass is 10.0. The zero-order valence-corrected chi connectivity index (χ0v) is 17.9. The number of anilines is 2. The Balaban J connectivity index is 1.29. The Morgan fingerprint density at radius 3 is 2.55 bits per heavy atom. The summed E-state index contributed by atoms with van der Waals surface area (Å²) in [4.78, 5) is 20.2. The molecule has 29 heavy (non-hydrogen) atoms. The van der Waals surface area contributed by atoms with Gasteiger partial charge in [0.05, 0.1) is 17.3 Å². The van der Waals surface area contributed by atoms with Crippen molar-refractivity contribution < 1.29 is 4.79 Å². The first-order valence-corrected chi connectivity index (χ1v) is 11.2. The maximum absolute atomic E-state index is 13.4. The molecule has 0 bridgehead atoms. The van der Waals surface area contributed by atoms with E-state index in [4.69, 9.17) is 23.2 Å². The van der Waals surface area contributed by atoms with Crippen LogP contribution in [0.4, 0.5) is 11.4 Å². The van der Waals surface area contributed by atoms with Crippen LogP contribution in [0.1, 0.15) is 24.8 Å². The molecule has 0 spiro atoms. The second-order valence-corrected chi connectivity index (χ2v) is 9.20. The van der Waals surface area contributed by atoms with E-state index in [1.54, 1.807) is 0 Å². The lowest BCUT2D eigenvalue weighted by Gasteiger charge is -2.39. The molecule has 6 heteroatoms. The normalized spacial score (nSPS) is 22.1. The predicted molar refractivity (Wildman–Crippen MR) is 119 cm³/mol. The van der Waals surface area contributed by atoms with E-state index in [0.717, 1.165) is 55.4 Å². The number of likely N-dealkylation sites (tertiary alicyclic amines) is 1. The number of carbonyl (C=O) groups excluding carboxylic acids is 1. The summed E-state index contributed by atoms with van der Waals surface area (Å²) in [5, 5.41) is 1.43. The van der Waals surface area contributed by atoms with Crippen LogP contribution in [0.25, 0.3) is 0 Å². The van der Waals surface area contributed by atoms with Crippen LogP contribution < -0.4 is 9.80 Å². The van der Waals surface area contributed by atoms with Crippen molar-refractivity contribution >= 4 is 40.5 Å². The number of amides is 1. The topological polar surface area (TPSA) is 26.8 Å². The predicted octanol–water partition coefficient (Wildman–Crippen LogP) is 4.83. The minimum atomic E-state index is 0.0356. The summed E-state index contributed by atoms with van der Waals surface area (Å²) in [5.74, 6) is 0.293. The highest BCUT2D eigenvalue weighted by Crippen LogP contribution is 2.40. The van der Waals surface area contributed by atoms with E-state index in [1.807, 2.05) is 29.2 Å². The Morgan fingerprint density at radius 2 is 1.76 bits per heavy atom. The quantitative estimate of drug-likeness (QED) is 0.695. The summed E-state index contributed by atoms with van der Waals surface area (Å²) in [6, 6.07) is 14.6. The van der Waals surface area contributed by atoms with E-state index in [-0.39, 0.29) is 11.8 Å². The molecule has 1 saturated heterocycles. The largest absolute Gasteiger partial charge is 0.365 e. The molecule has 2 aliphatic heterocycles. The van der Waals surface area contributed by atoms with Crippen LogP contribution in [0.15, 0.2) is 42.5 Å². The summed E-state index contributed by atoms with van der Waals surface area (Å²) in [6.07, 6.45) is 3.43. The molecular formula is C23H25Cl2N3O. The average molecular weight is 430 g/mol. The van der Waals surface area contributed by atoms with Crippen LogP contribution >= 0.6 is 23.2 Å². The van der Waals surface area contributed by atoms with Gasteiger partial charge in [0.1, 0.15) is 0 Å². The molecule has 1 atom stereocenters. The van der Waals surface area contributed by atoms with Crippen molar-refractivity contribution in [3.05, 3.63) is 58.1 Å². The number of rotatable bonds is 4. The summed E-state index contributed by atoms with van der Waals surface area (Å²) in [5.41, 5.74) is 3.32. The smallest absolute Gasteiger partial charge is 0.231 e. The molecule has 1 unspecified atom stereocenters. The standard InChI is InChI=1S/C23H25Cl2N3O/c24-18-5-8-20(25)17(13-18)15-26-10-9-16(14-26)23(29)28-12-11-27(19-6-7-19)21-3-1-2-4-22(21)28/h1-5,8,13,16,19H,6-7,9-12,14-15H2. The van der Waals surface area contributed by atoms with Gasteiger partial charge in [0.2, 0.25) is 5.91 Å². The van der Waals surface area contributed by atoms with Crippen LogP contribution in [0.3, 0.4) is 0 Å². The number of nitrogens with zero attached hydrogens (tertiary/aromatic N) is 3. The second-order valence-electron chi connectivity index (χ2n) is 8.36. The van der Waals surface area contributed by atoms with E-state index in [1.165, 1.54) is 18.5 Å². The van der Waals surface area contributed by atoms with Gasteiger partial charge < -0.3 is 9.80 Å². The highest BCUT2D eigenvalue weighted by molar-refractivity contribution is 6.33. The maximum Gasteiger partial charge on any atom is 0.231 e. The molecule has 2 aromatic rings. The number of hydrogen-bond donors (Lipinski definition) is 0. The third-order valence-electron chi connectivity index (χ3n) is 6.32. The van der Waals surface area contributed by atoms with Gasteiger partial charge in [0, 0.05) is 42.3 Å². The van der Waals surface area contributed by atoms with Crippen LogP contribution in [0, 0.1) is 5.92 Å². The van der Waals surface area contributed by atoms with E-state index in [2.05, 4.69) is 28.0 Å². The van der Waals surface area contributed by atoms with Crippen LogP contribution in [-0.2, 0) is 11.3 Å². The lowest BCUT2D eigenvalue weighted by molar-refractivity contribution is -0.122. The van der Waals surface area contributed by atoms with Gasteiger partial charge in [0.15, 0.2) is 0 Å². The molecule has 3 aliphatic rings. The van der Waals surface area contributed by atoms with Crippen molar-refractivity contribution in [2.75, 3.05) is 36.0 Å². The highest BCUT2D eigenvalue weighted by Gasteiger charge is 2.38. The Morgan fingerprint density at radius 1 is 0.966 bits per heavy atom. The van der Waals surface area contributed by atoms with Crippen molar-refractivity contribution in [3.63, 3.8) is 0 Å². The highest BCUT2D eigenvalue weighted by atomic mass is 35.5. The van der Waals surface area contributed by atoms with Gasteiger partial charge >= 0.3 is 0 Å². The Hall–Kier alpha value is -1.75. The van der Waals surface area contributed by atoms with Crippen molar-refractivity contribution in [2.24, 2.45) is 5.92 Å². The van der Waals surface area contributed by atoms with Gasteiger partial charge in [-0.25, -0.2) is 0 Å². The van der Waals surface area contributed by atoms with Gasteiger partial charge in [-0.2, -0.15) is 0 Å². The third kappa shape index (κ3) is 3.86. The van der Waals surface area contributed by atoms with Crippen LogP contribution in [0.5, 0.6) is 0 Å². The Labute approximate surface area is 182 Å². The molecule has 2 aromatic carbocycles.